The molecule has 0 aliphatic carbocycles. The lowest BCUT2D eigenvalue weighted by molar-refractivity contribution is 0.000652. The van der Waals surface area contributed by atoms with Gasteiger partial charge in [0.1, 0.15) is 0 Å². The van der Waals surface area contributed by atoms with Gasteiger partial charge in [0, 0.05) is 63.7 Å². The fourth-order valence-electron chi connectivity index (χ4n) is 4.58. The molecule has 182 valence electrons. The second-order valence-electron chi connectivity index (χ2n) is 8.95. The van der Waals surface area contributed by atoms with Gasteiger partial charge in [-0.3, -0.25) is 19.6 Å². The summed E-state index contributed by atoms with van der Waals surface area (Å²) in [6, 6.07) is 3.41. The second kappa shape index (κ2) is 11.7. The predicted molar refractivity (Wildman–Crippen MR) is 123 cm³/mol. The Labute approximate surface area is 195 Å². The first kappa shape index (κ1) is 23.9. The third kappa shape index (κ3) is 6.86. The van der Waals surface area contributed by atoms with Crippen LogP contribution in [0.3, 0.4) is 0 Å². The summed E-state index contributed by atoms with van der Waals surface area (Å²) in [5, 5.41) is 6.26. The number of urea groups is 1. The van der Waals surface area contributed by atoms with E-state index >= 15 is 0 Å². The van der Waals surface area contributed by atoms with Crippen LogP contribution in [0.2, 0.25) is 0 Å². The lowest BCUT2D eigenvalue weighted by atomic mass is 10.2. The fraction of sp³-hybridized carbons (Fsp3) is 0.696. The van der Waals surface area contributed by atoms with Crippen LogP contribution >= 0.6 is 0 Å². The third-order valence-corrected chi connectivity index (χ3v) is 6.58. The first-order valence-corrected chi connectivity index (χ1v) is 12.0. The summed E-state index contributed by atoms with van der Waals surface area (Å²) >= 11 is 0. The summed E-state index contributed by atoms with van der Waals surface area (Å²) in [5.74, 6) is -0.0380. The Bertz CT molecular complexity index is 780. The molecule has 3 saturated heterocycles. The summed E-state index contributed by atoms with van der Waals surface area (Å²) in [7, 11) is 0. The highest BCUT2D eigenvalue weighted by molar-refractivity contribution is 5.94. The van der Waals surface area contributed by atoms with E-state index in [4.69, 9.17) is 9.47 Å². The van der Waals surface area contributed by atoms with E-state index in [-0.39, 0.29) is 24.1 Å². The minimum atomic E-state index is -0.176. The lowest BCUT2D eigenvalue weighted by Gasteiger charge is -2.36. The molecule has 4 rings (SSSR count). The maximum Gasteiger partial charge on any atom is 0.316 e. The number of pyridine rings is 1. The molecule has 0 radical (unpaired) electrons. The van der Waals surface area contributed by atoms with Gasteiger partial charge in [0.25, 0.3) is 5.91 Å². The van der Waals surface area contributed by atoms with E-state index in [2.05, 4.69) is 25.4 Å². The van der Waals surface area contributed by atoms with E-state index in [0.717, 1.165) is 64.5 Å². The Hall–Kier alpha value is -2.27. The van der Waals surface area contributed by atoms with Crippen LogP contribution in [0, 0.1) is 6.92 Å². The zero-order valence-corrected chi connectivity index (χ0v) is 19.5. The van der Waals surface area contributed by atoms with Crippen LogP contribution in [-0.4, -0.2) is 116 Å². The van der Waals surface area contributed by atoms with Gasteiger partial charge in [-0.2, -0.15) is 0 Å². The first-order valence-electron chi connectivity index (χ1n) is 12.0. The van der Waals surface area contributed by atoms with E-state index in [1.807, 2.05) is 13.0 Å². The minimum absolute atomic E-state index is 0.0380. The second-order valence-corrected chi connectivity index (χ2v) is 8.95. The topological polar surface area (TPSA) is 99.3 Å². The largest absolute Gasteiger partial charge is 0.379 e. The van der Waals surface area contributed by atoms with Crippen LogP contribution in [0.1, 0.15) is 28.9 Å². The van der Waals surface area contributed by atoms with Gasteiger partial charge in [0.05, 0.1) is 38.2 Å². The molecule has 10 nitrogen and oxygen atoms in total. The smallest absolute Gasteiger partial charge is 0.316 e. The number of hydrogen-bond acceptors (Lipinski definition) is 7. The molecule has 1 aromatic rings. The molecule has 10 heteroatoms. The minimum Gasteiger partial charge on any atom is -0.379 e. The van der Waals surface area contributed by atoms with E-state index in [1.54, 1.807) is 17.2 Å². The number of rotatable bonds is 7. The van der Waals surface area contributed by atoms with Gasteiger partial charge in [-0.15, -0.1) is 0 Å². The fourth-order valence-corrected chi connectivity index (χ4v) is 4.58. The number of likely N-dealkylation sites (tertiary alicyclic amines) is 1. The zero-order valence-electron chi connectivity index (χ0n) is 19.5. The van der Waals surface area contributed by atoms with Gasteiger partial charge in [-0.25, -0.2) is 4.79 Å². The molecule has 0 aromatic carbocycles. The number of hydrogen-bond donors (Lipinski definition) is 2. The van der Waals surface area contributed by atoms with Gasteiger partial charge in [-0.05, 0) is 31.9 Å². The lowest BCUT2D eigenvalue weighted by Crippen LogP contribution is -2.56. The Balaban J connectivity index is 1.27. The van der Waals surface area contributed by atoms with Crippen LogP contribution in [-0.2, 0) is 9.47 Å². The maximum absolute atomic E-state index is 12.9. The Morgan fingerprint density at radius 2 is 1.82 bits per heavy atom. The highest BCUT2D eigenvalue weighted by atomic mass is 16.5. The summed E-state index contributed by atoms with van der Waals surface area (Å²) in [6.07, 6.45) is 3.17. The summed E-state index contributed by atoms with van der Waals surface area (Å²) < 4.78 is 10.9. The molecule has 2 N–H and O–H groups in total. The number of nitrogens with one attached hydrogen (secondary N) is 2. The normalized spacial score (nSPS) is 23.3. The summed E-state index contributed by atoms with van der Waals surface area (Å²) in [6.45, 7) is 10.4. The maximum atomic E-state index is 12.9. The van der Waals surface area contributed by atoms with E-state index in [0.29, 0.717) is 31.9 Å². The Morgan fingerprint density at radius 3 is 2.52 bits per heavy atom. The number of ether oxygens (including phenoxy) is 2. The number of nitrogens with zero attached hydrogens (tertiary/aromatic N) is 4. The number of carbonyl (C=O) groups excluding carboxylic acids is 2. The van der Waals surface area contributed by atoms with Crippen molar-refractivity contribution in [2.45, 2.75) is 32.0 Å². The number of amides is 3. The molecule has 3 aliphatic rings. The highest BCUT2D eigenvalue weighted by Crippen LogP contribution is 2.14. The molecule has 1 unspecified atom stereocenters. The molecule has 3 amide bonds. The molecule has 33 heavy (non-hydrogen) atoms. The molecule has 0 spiro atoms. The molecule has 0 bridgehead atoms. The standard InChI is InChI=1S/C23H36N6O4/c1-18-2-3-19(16-24-18)22(30)29-7-4-20(17-29)25-23(31)26-21(28-10-14-33-15-11-28)5-6-27-8-12-32-13-9-27/h2-3,16,20-21H,4-15,17H2,1H3,(H2,25,26,31)/t20-,21?/m1/s1. The summed E-state index contributed by atoms with van der Waals surface area (Å²) in [5.41, 5.74) is 1.47. The van der Waals surface area contributed by atoms with Gasteiger partial charge in [-0.1, -0.05) is 0 Å². The van der Waals surface area contributed by atoms with Gasteiger partial charge in [0.2, 0.25) is 0 Å². The highest BCUT2D eigenvalue weighted by Gasteiger charge is 2.30. The van der Waals surface area contributed by atoms with Crippen molar-refractivity contribution >= 4 is 11.9 Å². The number of morpholine rings is 2. The van der Waals surface area contributed by atoms with Crippen molar-refractivity contribution in [3.63, 3.8) is 0 Å². The zero-order chi connectivity index (χ0) is 23.0. The van der Waals surface area contributed by atoms with Crippen LogP contribution < -0.4 is 10.6 Å². The Morgan fingerprint density at radius 1 is 1.09 bits per heavy atom. The van der Waals surface area contributed by atoms with Crippen molar-refractivity contribution in [2.24, 2.45) is 0 Å². The van der Waals surface area contributed by atoms with E-state index < -0.39 is 0 Å². The van der Waals surface area contributed by atoms with Gasteiger partial charge in [0.15, 0.2) is 0 Å². The number of aromatic nitrogens is 1. The number of aryl methyl sites for hydroxylation is 1. The van der Waals surface area contributed by atoms with Crippen molar-refractivity contribution in [1.82, 2.24) is 30.3 Å². The monoisotopic (exact) mass is 460 g/mol. The van der Waals surface area contributed by atoms with Crippen LogP contribution in [0.15, 0.2) is 18.3 Å². The predicted octanol–water partition coefficient (Wildman–Crippen LogP) is 0.284. The van der Waals surface area contributed by atoms with E-state index in [1.165, 1.54) is 0 Å². The molecule has 4 heterocycles. The molecule has 2 atom stereocenters. The van der Waals surface area contributed by atoms with Crippen molar-refractivity contribution in [3.05, 3.63) is 29.6 Å². The molecule has 1 aromatic heterocycles. The van der Waals surface area contributed by atoms with Crippen LogP contribution in [0.5, 0.6) is 0 Å². The molecular formula is C23H36N6O4. The number of carbonyl (C=O) groups is 2. The van der Waals surface area contributed by atoms with E-state index in [9.17, 15) is 9.59 Å². The van der Waals surface area contributed by atoms with Crippen molar-refractivity contribution in [1.29, 1.82) is 0 Å². The average molecular weight is 461 g/mol. The molecule has 3 fully saturated rings. The molecule has 0 saturated carbocycles. The third-order valence-electron chi connectivity index (χ3n) is 6.58. The van der Waals surface area contributed by atoms with Crippen molar-refractivity contribution < 1.29 is 19.1 Å². The molecule has 3 aliphatic heterocycles. The Kier molecular flexibility index (Phi) is 8.49. The van der Waals surface area contributed by atoms with Gasteiger partial charge < -0.3 is 25.0 Å². The molecular weight excluding hydrogens is 424 g/mol. The van der Waals surface area contributed by atoms with Crippen molar-refractivity contribution in [3.8, 4) is 0 Å². The SMILES string of the molecule is Cc1ccc(C(=O)N2CC[C@@H](NC(=O)NC(CCN3CCOCC3)N3CCOCC3)C2)cn1. The quantitative estimate of drug-likeness (QED) is 0.603. The van der Waals surface area contributed by atoms with Gasteiger partial charge >= 0.3 is 6.03 Å². The van der Waals surface area contributed by atoms with Crippen LogP contribution in [0.25, 0.3) is 0 Å². The van der Waals surface area contributed by atoms with Crippen LogP contribution in [0.4, 0.5) is 4.79 Å². The average Bonchev–Trinajstić information content (AvgIpc) is 3.31. The summed E-state index contributed by atoms with van der Waals surface area (Å²) in [4.78, 5) is 36.3. The first-order chi connectivity index (χ1) is 16.1. The van der Waals surface area contributed by atoms with Crippen molar-refractivity contribution in [2.75, 3.05) is 72.2 Å².